The minimum Gasteiger partial charge on any atom is -0.370 e. The average molecular weight is 319 g/mol. The highest BCUT2D eigenvalue weighted by atomic mass is 79.9. The van der Waals surface area contributed by atoms with Crippen molar-refractivity contribution in [3.8, 4) is 0 Å². The number of halogens is 1. The van der Waals surface area contributed by atoms with Crippen molar-refractivity contribution < 1.29 is 4.79 Å². The molecule has 0 aromatic heterocycles. The normalized spacial score (nSPS) is 11.9. The van der Waals surface area contributed by atoms with Crippen LogP contribution in [0.2, 0.25) is 0 Å². The average Bonchev–Trinajstić information content (AvgIpc) is 2.37. The van der Waals surface area contributed by atoms with Crippen LogP contribution in [0, 0.1) is 6.92 Å². The zero-order valence-electron chi connectivity index (χ0n) is 10.6. The van der Waals surface area contributed by atoms with Crippen LogP contribution in [-0.4, -0.2) is 5.91 Å². The van der Waals surface area contributed by atoms with Crippen LogP contribution in [0.1, 0.15) is 17.2 Å². The van der Waals surface area contributed by atoms with Crippen molar-refractivity contribution >= 4 is 27.5 Å². The Bertz CT molecular complexity index is 581. The molecule has 1 unspecified atom stereocenters. The van der Waals surface area contributed by atoms with Gasteiger partial charge in [-0.3, -0.25) is 4.79 Å². The molecular weight excluding hydrogens is 304 g/mol. The van der Waals surface area contributed by atoms with E-state index in [4.69, 9.17) is 5.73 Å². The van der Waals surface area contributed by atoms with Gasteiger partial charge in [-0.15, -0.1) is 0 Å². The summed E-state index contributed by atoms with van der Waals surface area (Å²) in [4.78, 5) is 11.6. The van der Waals surface area contributed by atoms with Crippen LogP contribution in [-0.2, 0) is 4.79 Å². The topological polar surface area (TPSA) is 55.1 Å². The van der Waals surface area contributed by atoms with Crippen LogP contribution in [0.5, 0.6) is 0 Å². The summed E-state index contributed by atoms with van der Waals surface area (Å²) in [5.74, 6) is -0.399. The highest BCUT2D eigenvalue weighted by Gasteiger charge is 2.17. The maximum atomic E-state index is 11.6. The lowest BCUT2D eigenvalue weighted by Gasteiger charge is -2.17. The number of hydrogen-bond donors (Lipinski definition) is 2. The first-order valence-corrected chi connectivity index (χ1v) is 6.73. The number of anilines is 1. The molecule has 0 aliphatic rings. The van der Waals surface area contributed by atoms with Gasteiger partial charge in [-0.25, -0.2) is 0 Å². The van der Waals surface area contributed by atoms with Crippen molar-refractivity contribution in [1.82, 2.24) is 0 Å². The third-order valence-electron chi connectivity index (χ3n) is 2.83. The molecule has 0 bridgehead atoms. The van der Waals surface area contributed by atoms with Gasteiger partial charge in [-0.2, -0.15) is 0 Å². The first-order chi connectivity index (χ1) is 9.06. The molecule has 2 aromatic carbocycles. The Morgan fingerprint density at radius 2 is 1.89 bits per heavy atom. The number of carbonyl (C=O) groups excluding carboxylic acids is 1. The largest absolute Gasteiger partial charge is 0.370 e. The van der Waals surface area contributed by atoms with Gasteiger partial charge < -0.3 is 11.1 Å². The van der Waals surface area contributed by atoms with Crippen LogP contribution < -0.4 is 11.1 Å². The predicted octanol–water partition coefficient (Wildman–Crippen LogP) is 3.40. The second-order valence-electron chi connectivity index (χ2n) is 4.40. The smallest absolute Gasteiger partial charge is 0.244 e. The molecule has 0 saturated carbocycles. The molecule has 0 radical (unpaired) electrons. The van der Waals surface area contributed by atoms with Crippen molar-refractivity contribution in [2.75, 3.05) is 5.32 Å². The SMILES string of the molecule is Cc1ccc(C(Nc2cccc(Br)c2)C(N)=O)cc1. The summed E-state index contributed by atoms with van der Waals surface area (Å²) in [6.45, 7) is 2.00. The Morgan fingerprint density at radius 3 is 2.47 bits per heavy atom. The van der Waals surface area contributed by atoms with Gasteiger partial charge in [0.2, 0.25) is 5.91 Å². The second-order valence-corrected chi connectivity index (χ2v) is 5.32. The van der Waals surface area contributed by atoms with E-state index in [1.165, 1.54) is 0 Å². The highest BCUT2D eigenvalue weighted by molar-refractivity contribution is 9.10. The van der Waals surface area contributed by atoms with E-state index in [-0.39, 0.29) is 0 Å². The molecule has 1 atom stereocenters. The zero-order valence-corrected chi connectivity index (χ0v) is 12.1. The molecule has 0 fully saturated rings. The van der Waals surface area contributed by atoms with Crippen molar-refractivity contribution in [3.05, 3.63) is 64.1 Å². The lowest BCUT2D eigenvalue weighted by Crippen LogP contribution is -2.27. The van der Waals surface area contributed by atoms with Crippen LogP contribution in [0.15, 0.2) is 53.0 Å². The third-order valence-corrected chi connectivity index (χ3v) is 3.32. The van der Waals surface area contributed by atoms with Gasteiger partial charge >= 0.3 is 0 Å². The molecule has 4 heteroatoms. The fraction of sp³-hybridized carbons (Fsp3) is 0.133. The fourth-order valence-corrected chi connectivity index (χ4v) is 2.22. The second kappa shape index (κ2) is 5.89. The molecule has 3 nitrogen and oxygen atoms in total. The molecule has 2 rings (SSSR count). The Morgan fingerprint density at radius 1 is 1.21 bits per heavy atom. The van der Waals surface area contributed by atoms with Gasteiger partial charge in [0.25, 0.3) is 0 Å². The fourth-order valence-electron chi connectivity index (χ4n) is 1.82. The van der Waals surface area contributed by atoms with E-state index >= 15 is 0 Å². The Balaban J connectivity index is 2.26. The molecule has 2 aromatic rings. The Kier molecular flexibility index (Phi) is 4.22. The minimum atomic E-state index is -0.533. The molecule has 0 spiro atoms. The summed E-state index contributed by atoms with van der Waals surface area (Å²) < 4.78 is 0.949. The maximum absolute atomic E-state index is 11.6. The third kappa shape index (κ3) is 3.58. The van der Waals surface area contributed by atoms with Gasteiger partial charge in [-0.1, -0.05) is 51.8 Å². The Hall–Kier alpha value is -1.81. The number of nitrogens with one attached hydrogen (secondary N) is 1. The van der Waals surface area contributed by atoms with Crippen LogP contribution in [0.25, 0.3) is 0 Å². The van der Waals surface area contributed by atoms with Crippen molar-refractivity contribution in [2.45, 2.75) is 13.0 Å². The number of nitrogens with two attached hydrogens (primary N) is 1. The summed E-state index contributed by atoms with van der Waals surface area (Å²) in [7, 11) is 0. The summed E-state index contributed by atoms with van der Waals surface area (Å²) in [6.07, 6.45) is 0. The molecule has 0 heterocycles. The van der Waals surface area contributed by atoms with Gasteiger partial charge in [0.1, 0.15) is 6.04 Å². The number of hydrogen-bond acceptors (Lipinski definition) is 2. The van der Waals surface area contributed by atoms with Crippen LogP contribution in [0.4, 0.5) is 5.69 Å². The highest BCUT2D eigenvalue weighted by Crippen LogP contribution is 2.22. The number of amides is 1. The number of carbonyl (C=O) groups is 1. The minimum absolute atomic E-state index is 0.399. The van der Waals surface area contributed by atoms with Crippen LogP contribution >= 0.6 is 15.9 Å². The standard InChI is InChI=1S/C15H15BrN2O/c1-10-5-7-11(8-6-10)14(15(17)19)18-13-4-2-3-12(16)9-13/h2-9,14,18H,1H3,(H2,17,19). The summed E-state index contributed by atoms with van der Waals surface area (Å²) in [5.41, 5.74) is 8.33. The zero-order chi connectivity index (χ0) is 13.8. The predicted molar refractivity (Wildman–Crippen MR) is 80.9 cm³/mol. The summed E-state index contributed by atoms with van der Waals surface area (Å²) >= 11 is 3.40. The first-order valence-electron chi connectivity index (χ1n) is 5.94. The monoisotopic (exact) mass is 318 g/mol. The van der Waals surface area contributed by atoms with Crippen molar-refractivity contribution in [1.29, 1.82) is 0 Å². The van der Waals surface area contributed by atoms with Gasteiger partial charge in [-0.05, 0) is 30.7 Å². The number of aryl methyl sites for hydroxylation is 1. The number of primary amides is 1. The van der Waals surface area contributed by atoms with E-state index in [0.717, 1.165) is 21.3 Å². The maximum Gasteiger partial charge on any atom is 0.244 e. The molecule has 3 N–H and O–H groups in total. The number of benzene rings is 2. The van der Waals surface area contributed by atoms with Crippen molar-refractivity contribution in [2.24, 2.45) is 5.73 Å². The van der Waals surface area contributed by atoms with Gasteiger partial charge in [0.05, 0.1) is 0 Å². The van der Waals surface area contributed by atoms with E-state index in [0.29, 0.717) is 0 Å². The molecule has 98 valence electrons. The molecular formula is C15H15BrN2O. The summed E-state index contributed by atoms with van der Waals surface area (Å²) in [6, 6.07) is 14.9. The molecule has 0 aliphatic heterocycles. The lowest BCUT2D eigenvalue weighted by molar-refractivity contribution is -0.118. The Labute approximate surface area is 121 Å². The van der Waals surface area contributed by atoms with Crippen molar-refractivity contribution in [3.63, 3.8) is 0 Å². The van der Waals surface area contributed by atoms with E-state index in [1.807, 2.05) is 55.5 Å². The first kappa shape index (κ1) is 13.6. The van der Waals surface area contributed by atoms with Gasteiger partial charge in [0.15, 0.2) is 0 Å². The number of rotatable bonds is 4. The van der Waals surface area contributed by atoms with Crippen LogP contribution in [0.3, 0.4) is 0 Å². The summed E-state index contributed by atoms with van der Waals surface area (Å²) in [5, 5.41) is 3.15. The molecule has 0 saturated heterocycles. The van der Waals surface area contributed by atoms with E-state index < -0.39 is 11.9 Å². The molecule has 1 amide bonds. The lowest BCUT2D eigenvalue weighted by atomic mass is 10.0. The van der Waals surface area contributed by atoms with Gasteiger partial charge in [0, 0.05) is 10.2 Å². The molecule has 19 heavy (non-hydrogen) atoms. The van der Waals surface area contributed by atoms with E-state index in [1.54, 1.807) is 0 Å². The molecule has 0 aliphatic carbocycles. The van der Waals surface area contributed by atoms with E-state index in [9.17, 15) is 4.79 Å². The van der Waals surface area contributed by atoms with E-state index in [2.05, 4.69) is 21.2 Å². The quantitative estimate of drug-likeness (QED) is 0.907.